The fourth-order valence-electron chi connectivity index (χ4n) is 3.75. The molecule has 2 aromatic carbocycles. The van der Waals surface area contributed by atoms with Gasteiger partial charge in [-0.2, -0.15) is 18.2 Å². The first-order valence-electron chi connectivity index (χ1n) is 10.0. The third kappa shape index (κ3) is 4.72. The van der Waals surface area contributed by atoms with E-state index in [1.165, 1.54) is 31.2 Å². The van der Waals surface area contributed by atoms with E-state index in [0.29, 0.717) is 17.3 Å². The smallest absolute Gasteiger partial charge is 0.340 e. The lowest BCUT2D eigenvalue weighted by molar-refractivity contribution is -0.137. The minimum atomic E-state index is -4.56. The zero-order valence-electron chi connectivity index (χ0n) is 16.6. The molecule has 0 unspecified atom stereocenters. The first-order chi connectivity index (χ1) is 14.4. The highest BCUT2D eigenvalue weighted by molar-refractivity contribution is 5.63. The number of alkyl halides is 3. The van der Waals surface area contributed by atoms with Gasteiger partial charge < -0.3 is 10.6 Å². The molecule has 0 radical (unpaired) electrons. The van der Waals surface area contributed by atoms with Gasteiger partial charge in [-0.05, 0) is 55.5 Å². The van der Waals surface area contributed by atoms with Gasteiger partial charge in [0.2, 0.25) is 5.95 Å². The van der Waals surface area contributed by atoms with Crippen molar-refractivity contribution in [2.45, 2.75) is 44.7 Å². The van der Waals surface area contributed by atoms with Crippen LogP contribution in [0.3, 0.4) is 0 Å². The van der Waals surface area contributed by atoms with Crippen LogP contribution >= 0.6 is 0 Å². The van der Waals surface area contributed by atoms with E-state index >= 15 is 0 Å². The predicted molar refractivity (Wildman–Crippen MR) is 112 cm³/mol. The molecule has 0 amide bonds. The second-order valence-electron chi connectivity index (χ2n) is 7.67. The molecule has 0 bridgehead atoms. The summed E-state index contributed by atoms with van der Waals surface area (Å²) in [5.74, 6) is 0.367. The van der Waals surface area contributed by atoms with E-state index in [-0.39, 0.29) is 11.8 Å². The minimum Gasteiger partial charge on any atom is -0.340 e. The summed E-state index contributed by atoms with van der Waals surface area (Å²) in [6.07, 6.45) is 1.05. The predicted octanol–water partition coefficient (Wildman–Crippen LogP) is 6.95. The van der Waals surface area contributed by atoms with Crippen LogP contribution in [-0.2, 0) is 6.18 Å². The lowest BCUT2D eigenvalue weighted by Crippen LogP contribution is -2.12. The third-order valence-corrected chi connectivity index (χ3v) is 5.40. The SMILES string of the molecule is Cc1ccc(Nc2ncc(C(F)(F)F)c(Nc3ccc(C4CCCC4)cc3)n2)cc1. The molecule has 7 heteroatoms. The molecule has 156 valence electrons. The van der Waals surface area contributed by atoms with Crippen molar-refractivity contribution in [3.05, 3.63) is 71.4 Å². The van der Waals surface area contributed by atoms with Crippen LogP contribution in [0.4, 0.5) is 36.3 Å². The number of hydrogen-bond donors (Lipinski definition) is 2. The highest BCUT2D eigenvalue weighted by Gasteiger charge is 2.35. The maximum atomic E-state index is 13.5. The highest BCUT2D eigenvalue weighted by atomic mass is 19.4. The molecule has 1 saturated carbocycles. The lowest BCUT2D eigenvalue weighted by atomic mass is 9.97. The number of benzene rings is 2. The van der Waals surface area contributed by atoms with Gasteiger partial charge in [-0.1, -0.05) is 42.7 Å². The number of nitrogens with zero attached hydrogens (tertiary/aromatic N) is 2. The van der Waals surface area contributed by atoms with E-state index in [4.69, 9.17) is 0 Å². The van der Waals surface area contributed by atoms with E-state index in [1.807, 2.05) is 55.5 Å². The van der Waals surface area contributed by atoms with Gasteiger partial charge in [0.1, 0.15) is 11.4 Å². The molecule has 1 aromatic heterocycles. The van der Waals surface area contributed by atoms with E-state index in [1.54, 1.807) is 0 Å². The van der Waals surface area contributed by atoms with Crippen LogP contribution in [0.5, 0.6) is 0 Å². The van der Waals surface area contributed by atoms with Crippen LogP contribution in [0.15, 0.2) is 54.7 Å². The van der Waals surface area contributed by atoms with Crippen LogP contribution < -0.4 is 10.6 Å². The number of hydrogen-bond acceptors (Lipinski definition) is 4. The first kappa shape index (κ1) is 20.2. The van der Waals surface area contributed by atoms with Crippen molar-refractivity contribution in [3.63, 3.8) is 0 Å². The molecule has 0 spiro atoms. The van der Waals surface area contributed by atoms with Crippen molar-refractivity contribution < 1.29 is 13.2 Å². The van der Waals surface area contributed by atoms with E-state index in [0.717, 1.165) is 11.8 Å². The Bertz CT molecular complexity index is 992. The molecule has 0 aliphatic heterocycles. The van der Waals surface area contributed by atoms with Crippen molar-refractivity contribution in [3.8, 4) is 0 Å². The largest absolute Gasteiger partial charge is 0.421 e. The molecule has 4 rings (SSSR count). The number of anilines is 4. The topological polar surface area (TPSA) is 49.8 Å². The number of rotatable bonds is 5. The summed E-state index contributed by atoms with van der Waals surface area (Å²) >= 11 is 0. The second-order valence-corrected chi connectivity index (χ2v) is 7.67. The summed E-state index contributed by atoms with van der Waals surface area (Å²) in [5.41, 5.74) is 2.67. The lowest BCUT2D eigenvalue weighted by Gasteiger charge is -2.16. The molecule has 2 N–H and O–H groups in total. The highest BCUT2D eigenvalue weighted by Crippen LogP contribution is 2.37. The Kier molecular flexibility index (Phi) is 5.61. The Morgan fingerprint density at radius 1 is 0.867 bits per heavy atom. The zero-order valence-corrected chi connectivity index (χ0v) is 16.6. The molecule has 1 heterocycles. The quantitative estimate of drug-likeness (QED) is 0.476. The van der Waals surface area contributed by atoms with Gasteiger partial charge in [0.25, 0.3) is 0 Å². The fraction of sp³-hybridized carbons (Fsp3) is 0.304. The molecule has 0 saturated heterocycles. The van der Waals surface area contributed by atoms with Crippen molar-refractivity contribution >= 4 is 23.1 Å². The van der Waals surface area contributed by atoms with Gasteiger partial charge in [-0.25, -0.2) is 4.98 Å². The molecule has 0 atom stereocenters. The van der Waals surface area contributed by atoms with Crippen LogP contribution in [-0.4, -0.2) is 9.97 Å². The van der Waals surface area contributed by atoms with Gasteiger partial charge in [0.05, 0.1) is 0 Å². The number of aryl methyl sites for hydroxylation is 1. The summed E-state index contributed by atoms with van der Waals surface area (Å²) in [6.45, 7) is 1.96. The van der Waals surface area contributed by atoms with Crippen molar-refractivity contribution in [1.82, 2.24) is 9.97 Å². The monoisotopic (exact) mass is 412 g/mol. The maximum absolute atomic E-state index is 13.5. The van der Waals surface area contributed by atoms with Crippen LogP contribution in [0.1, 0.15) is 48.3 Å². The molecule has 1 aliphatic carbocycles. The molecular formula is C23H23F3N4. The molecular weight excluding hydrogens is 389 g/mol. The Hall–Kier alpha value is -3.09. The summed E-state index contributed by atoms with van der Waals surface area (Å²) < 4.78 is 40.4. The minimum absolute atomic E-state index is 0.0944. The molecule has 1 aliphatic rings. The van der Waals surface area contributed by atoms with Gasteiger partial charge in [-0.15, -0.1) is 0 Å². The van der Waals surface area contributed by atoms with E-state index < -0.39 is 11.7 Å². The van der Waals surface area contributed by atoms with Crippen molar-refractivity contribution in [1.29, 1.82) is 0 Å². The van der Waals surface area contributed by atoms with Crippen molar-refractivity contribution in [2.75, 3.05) is 10.6 Å². The number of halogens is 3. The Balaban J connectivity index is 1.58. The molecule has 3 aromatic rings. The Morgan fingerprint density at radius 3 is 2.10 bits per heavy atom. The van der Waals surface area contributed by atoms with E-state index in [2.05, 4.69) is 20.6 Å². The number of aromatic nitrogens is 2. The van der Waals surface area contributed by atoms with Crippen LogP contribution in [0.2, 0.25) is 0 Å². The van der Waals surface area contributed by atoms with Gasteiger partial charge in [0.15, 0.2) is 0 Å². The van der Waals surface area contributed by atoms with Crippen LogP contribution in [0, 0.1) is 6.92 Å². The summed E-state index contributed by atoms with van der Waals surface area (Å²) in [5, 5.41) is 5.77. The van der Waals surface area contributed by atoms with E-state index in [9.17, 15) is 13.2 Å². The first-order valence-corrected chi connectivity index (χ1v) is 10.0. The Morgan fingerprint density at radius 2 is 1.47 bits per heavy atom. The van der Waals surface area contributed by atoms with Crippen molar-refractivity contribution in [2.24, 2.45) is 0 Å². The molecule has 4 nitrogen and oxygen atoms in total. The normalized spacial score (nSPS) is 14.7. The average Bonchev–Trinajstić information content (AvgIpc) is 3.24. The van der Waals surface area contributed by atoms with Gasteiger partial charge in [0, 0.05) is 17.6 Å². The summed E-state index contributed by atoms with van der Waals surface area (Å²) in [6, 6.07) is 15.0. The average molecular weight is 412 g/mol. The fourth-order valence-corrected chi connectivity index (χ4v) is 3.75. The third-order valence-electron chi connectivity index (χ3n) is 5.40. The standard InChI is InChI=1S/C23H23F3N4/c1-15-6-10-19(11-7-15)29-22-27-14-20(23(24,25)26)21(30-22)28-18-12-8-17(9-13-18)16-4-2-3-5-16/h6-14,16H,2-5H2,1H3,(H2,27,28,29,30). The number of nitrogens with one attached hydrogen (secondary N) is 2. The summed E-state index contributed by atoms with van der Waals surface area (Å²) in [7, 11) is 0. The maximum Gasteiger partial charge on any atom is 0.421 e. The second kappa shape index (κ2) is 8.34. The van der Waals surface area contributed by atoms with Gasteiger partial charge >= 0.3 is 6.18 Å². The van der Waals surface area contributed by atoms with Crippen LogP contribution in [0.25, 0.3) is 0 Å². The Labute approximate surface area is 173 Å². The molecule has 30 heavy (non-hydrogen) atoms. The summed E-state index contributed by atoms with van der Waals surface area (Å²) in [4.78, 5) is 7.95. The van der Waals surface area contributed by atoms with Gasteiger partial charge in [-0.3, -0.25) is 0 Å². The zero-order chi connectivity index (χ0) is 21.1. The molecule has 1 fully saturated rings.